The summed E-state index contributed by atoms with van der Waals surface area (Å²) in [5, 5.41) is 13.7. The summed E-state index contributed by atoms with van der Waals surface area (Å²) in [7, 11) is 0. The number of aromatic nitrogens is 2. The Kier molecular flexibility index (Phi) is 4.15. The monoisotopic (exact) mass is 233 g/mol. The second-order valence-corrected chi connectivity index (χ2v) is 5.05. The molecule has 0 aliphatic heterocycles. The highest BCUT2D eigenvalue weighted by Gasteiger charge is 2.19. The highest BCUT2D eigenvalue weighted by molar-refractivity contribution is 7.98. The lowest BCUT2D eigenvalue weighted by Gasteiger charge is -2.21. The van der Waals surface area contributed by atoms with Gasteiger partial charge >= 0.3 is 0 Å². The molecule has 0 spiro atoms. The summed E-state index contributed by atoms with van der Waals surface area (Å²) in [5.41, 5.74) is -0.695. The van der Waals surface area contributed by atoms with E-state index in [1.165, 1.54) is 11.5 Å². The zero-order valence-electron chi connectivity index (χ0n) is 8.57. The van der Waals surface area contributed by atoms with Crippen LogP contribution in [0.4, 0.5) is 5.13 Å². The fourth-order valence-electron chi connectivity index (χ4n) is 0.997. The van der Waals surface area contributed by atoms with Gasteiger partial charge in [0.05, 0.1) is 5.60 Å². The van der Waals surface area contributed by atoms with E-state index in [-0.39, 0.29) is 0 Å². The summed E-state index contributed by atoms with van der Waals surface area (Å²) < 4.78 is 4.04. The fraction of sp³-hybridized carbons (Fsp3) is 0.750. The molecule has 0 saturated carbocycles. The number of nitrogens with zero attached hydrogens (tertiary/aromatic N) is 2. The molecule has 0 aliphatic carbocycles. The normalized spacial score (nSPS) is 15.1. The summed E-state index contributed by atoms with van der Waals surface area (Å²) in [6.07, 6.45) is 1.98. The second kappa shape index (κ2) is 4.95. The number of nitrogens with one attached hydrogen (secondary N) is 1. The Morgan fingerprint density at radius 1 is 1.64 bits per heavy atom. The Bertz CT molecular complexity index is 288. The molecule has 1 unspecified atom stereocenters. The minimum absolute atomic E-state index is 0.502. The lowest BCUT2D eigenvalue weighted by molar-refractivity contribution is 0.0997. The van der Waals surface area contributed by atoms with Crippen molar-refractivity contribution in [2.24, 2.45) is 0 Å². The van der Waals surface area contributed by atoms with E-state index in [0.29, 0.717) is 12.3 Å². The molecule has 14 heavy (non-hydrogen) atoms. The van der Waals surface area contributed by atoms with Crippen molar-refractivity contribution in [2.75, 3.05) is 23.9 Å². The minimum Gasteiger partial charge on any atom is -0.387 e. The van der Waals surface area contributed by atoms with Gasteiger partial charge in [-0.1, -0.05) is 0 Å². The highest BCUT2D eigenvalue weighted by atomic mass is 32.2. The van der Waals surface area contributed by atoms with Crippen LogP contribution in [-0.4, -0.2) is 38.6 Å². The molecule has 2 N–H and O–H groups in total. The molecule has 0 bridgehead atoms. The average Bonchev–Trinajstić information content (AvgIpc) is 2.48. The summed E-state index contributed by atoms with van der Waals surface area (Å²) in [6, 6.07) is 0. The van der Waals surface area contributed by atoms with Crippen molar-refractivity contribution in [3.8, 4) is 0 Å². The number of rotatable bonds is 5. The summed E-state index contributed by atoms with van der Waals surface area (Å²) in [5.74, 6) is 1.47. The SMILES string of the molecule is CSCC(C)(O)CNc1nc(C)ns1. The van der Waals surface area contributed by atoms with E-state index in [2.05, 4.69) is 14.7 Å². The predicted octanol–water partition coefficient (Wildman–Crippen LogP) is 1.37. The summed E-state index contributed by atoms with van der Waals surface area (Å²) in [6.45, 7) is 4.16. The van der Waals surface area contributed by atoms with Gasteiger partial charge in [0, 0.05) is 23.8 Å². The van der Waals surface area contributed by atoms with Gasteiger partial charge in [0.1, 0.15) is 5.82 Å². The van der Waals surface area contributed by atoms with Crippen LogP contribution in [0.1, 0.15) is 12.7 Å². The number of anilines is 1. The van der Waals surface area contributed by atoms with Gasteiger partial charge in [0.25, 0.3) is 0 Å². The van der Waals surface area contributed by atoms with Crippen molar-refractivity contribution in [3.63, 3.8) is 0 Å². The Balaban J connectivity index is 2.40. The zero-order chi connectivity index (χ0) is 10.6. The molecule has 6 heteroatoms. The van der Waals surface area contributed by atoms with Crippen LogP contribution in [0, 0.1) is 6.92 Å². The number of hydrogen-bond acceptors (Lipinski definition) is 6. The molecule has 0 fully saturated rings. The third kappa shape index (κ3) is 3.81. The Morgan fingerprint density at radius 2 is 2.36 bits per heavy atom. The second-order valence-electron chi connectivity index (χ2n) is 3.43. The van der Waals surface area contributed by atoms with Crippen molar-refractivity contribution in [2.45, 2.75) is 19.4 Å². The quantitative estimate of drug-likeness (QED) is 0.804. The van der Waals surface area contributed by atoms with Crippen LogP contribution in [0.5, 0.6) is 0 Å². The Hall–Kier alpha value is -0.330. The van der Waals surface area contributed by atoms with E-state index in [9.17, 15) is 5.11 Å². The molecule has 0 aliphatic rings. The molecule has 1 aromatic rings. The smallest absolute Gasteiger partial charge is 0.202 e. The molecule has 0 radical (unpaired) electrons. The van der Waals surface area contributed by atoms with E-state index in [4.69, 9.17) is 0 Å². The lowest BCUT2D eigenvalue weighted by atomic mass is 10.1. The van der Waals surface area contributed by atoms with Gasteiger partial charge in [-0.2, -0.15) is 16.1 Å². The van der Waals surface area contributed by atoms with Crippen LogP contribution in [0.25, 0.3) is 0 Å². The van der Waals surface area contributed by atoms with Crippen molar-refractivity contribution in [1.82, 2.24) is 9.36 Å². The van der Waals surface area contributed by atoms with E-state index in [0.717, 1.165) is 11.0 Å². The van der Waals surface area contributed by atoms with Gasteiger partial charge in [-0.15, -0.1) is 0 Å². The molecule has 1 aromatic heterocycles. The maximum atomic E-state index is 9.86. The van der Waals surface area contributed by atoms with Crippen LogP contribution in [-0.2, 0) is 0 Å². The van der Waals surface area contributed by atoms with Gasteiger partial charge in [0.2, 0.25) is 5.13 Å². The Morgan fingerprint density at radius 3 is 2.86 bits per heavy atom. The predicted molar refractivity (Wildman–Crippen MR) is 62.1 cm³/mol. The number of aliphatic hydroxyl groups is 1. The van der Waals surface area contributed by atoms with Crippen molar-refractivity contribution in [3.05, 3.63) is 5.82 Å². The molecule has 80 valence electrons. The highest BCUT2D eigenvalue weighted by Crippen LogP contribution is 2.14. The largest absolute Gasteiger partial charge is 0.387 e. The average molecular weight is 233 g/mol. The van der Waals surface area contributed by atoms with E-state index < -0.39 is 5.60 Å². The molecule has 0 aromatic carbocycles. The van der Waals surface area contributed by atoms with Gasteiger partial charge in [0.15, 0.2) is 0 Å². The van der Waals surface area contributed by atoms with Crippen LogP contribution in [0.3, 0.4) is 0 Å². The third-order valence-corrected chi connectivity index (χ3v) is 3.28. The standard InChI is InChI=1S/C8H15N3OS2/c1-6-10-7(14-11-6)9-4-8(2,12)5-13-3/h12H,4-5H2,1-3H3,(H,9,10,11). The van der Waals surface area contributed by atoms with Crippen LogP contribution >= 0.6 is 23.3 Å². The number of thioether (sulfide) groups is 1. The van der Waals surface area contributed by atoms with E-state index in [1.807, 2.05) is 20.1 Å². The first-order valence-corrected chi connectivity index (χ1v) is 6.46. The molecule has 0 amide bonds. The topological polar surface area (TPSA) is 58.0 Å². The zero-order valence-corrected chi connectivity index (χ0v) is 10.2. The number of hydrogen-bond donors (Lipinski definition) is 2. The van der Waals surface area contributed by atoms with E-state index >= 15 is 0 Å². The van der Waals surface area contributed by atoms with Gasteiger partial charge in [-0.05, 0) is 20.1 Å². The minimum atomic E-state index is -0.695. The third-order valence-electron chi connectivity index (χ3n) is 1.60. The molecular formula is C8H15N3OS2. The van der Waals surface area contributed by atoms with Crippen molar-refractivity contribution >= 4 is 28.4 Å². The Labute approximate surface area is 92.3 Å². The first-order chi connectivity index (χ1) is 6.53. The molecule has 4 nitrogen and oxygen atoms in total. The van der Waals surface area contributed by atoms with Crippen molar-refractivity contribution in [1.29, 1.82) is 0 Å². The lowest BCUT2D eigenvalue weighted by Crippen LogP contribution is -2.36. The summed E-state index contributed by atoms with van der Waals surface area (Å²) in [4.78, 5) is 4.15. The van der Waals surface area contributed by atoms with E-state index in [1.54, 1.807) is 11.8 Å². The molecular weight excluding hydrogens is 218 g/mol. The summed E-state index contributed by atoms with van der Waals surface area (Å²) >= 11 is 2.94. The molecule has 1 heterocycles. The van der Waals surface area contributed by atoms with Gasteiger partial charge in [-0.3, -0.25) is 0 Å². The molecule has 1 atom stereocenters. The first-order valence-electron chi connectivity index (χ1n) is 4.29. The molecule has 0 saturated heterocycles. The van der Waals surface area contributed by atoms with Gasteiger partial charge in [-0.25, -0.2) is 4.98 Å². The maximum absolute atomic E-state index is 9.86. The maximum Gasteiger partial charge on any atom is 0.202 e. The van der Waals surface area contributed by atoms with Crippen molar-refractivity contribution < 1.29 is 5.11 Å². The molecule has 1 rings (SSSR count). The first kappa shape index (κ1) is 11.7. The van der Waals surface area contributed by atoms with Crippen LogP contribution in [0.2, 0.25) is 0 Å². The fourth-order valence-corrected chi connectivity index (χ4v) is 2.29. The number of aryl methyl sites for hydroxylation is 1. The van der Waals surface area contributed by atoms with Gasteiger partial charge < -0.3 is 10.4 Å². The van der Waals surface area contributed by atoms with Crippen LogP contribution in [0.15, 0.2) is 0 Å². The van der Waals surface area contributed by atoms with Crippen LogP contribution < -0.4 is 5.32 Å².